The first-order valence-electron chi connectivity index (χ1n) is 18.1. The van der Waals surface area contributed by atoms with Crippen molar-refractivity contribution in [3.63, 3.8) is 0 Å². The Morgan fingerprint density at radius 1 is 0.957 bits per heavy atom. The molecule has 4 aliphatic rings. The van der Waals surface area contributed by atoms with Crippen LogP contribution in [0.2, 0.25) is 0 Å². The summed E-state index contributed by atoms with van der Waals surface area (Å²) in [7, 11) is 0. The van der Waals surface area contributed by atoms with E-state index in [1.54, 1.807) is 39.8 Å². The number of esters is 2. The van der Waals surface area contributed by atoms with Gasteiger partial charge in [0.1, 0.15) is 12.7 Å². The lowest BCUT2D eigenvalue weighted by Crippen LogP contribution is -2.64. The van der Waals surface area contributed by atoms with Gasteiger partial charge in [-0.05, 0) is 106 Å². The average Bonchev–Trinajstić information content (AvgIpc) is 3.01. The summed E-state index contributed by atoms with van der Waals surface area (Å²) < 4.78 is 11.7. The topological polar surface area (TPSA) is 113 Å². The van der Waals surface area contributed by atoms with E-state index in [-0.39, 0.29) is 41.3 Å². The largest absolute Gasteiger partial charge is 0.458 e. The predicted molar refractivity (Wildman–Crippen MR) is 185 cm³/mol. The Kier molecular flexibility index (Phi) is 11.1. The van der Waals surface area contributed by atoms with E-state index in [1.165, 1.54) is 12.8 Å². The van der Waals surface area contributed by atoms with Gasteiger partial charge in [-0.3, -0.25) is 0 Å². The Bertz CT molecular complexity index is 1270. The van der Waals surface area contributed by atoms with Crippen molar-refractivity contribution in [1.29, 1.82) is 0 Å². The molecule has 4 aliphatic carbocycles. The zero-order valence-electron chi connectivity index (χ0n) is 31.1. The number of hydrogen-bond donors (Lipinski definition) is 3. The SMILES string of the molecule is C/C=C(/C)C(=O)OC[C@H](OC(=O)/C(C)=C\C)C(C)(C)CC1C2=CCC3[C@@](C)(CCC4C(C)(C)[C@@H](C)CC[C@@]43C)C2[C@@H](O)[C@@H](O)C1CO. The van der Waals surface area contributed by atoms with Gasteiger partial charge in [-0.1, -0.05) is 72.3 Å². The highest BCUT2D eigenvalue weighted by Gasteiger charge is 2.65. The lowest BCUT2D eigenvalue weighted by Gasteiger charge is -2.68. The van der Waals surface area contributed by atoms with Crippen molar-refractivity contribution in [2.45, 2.75) is 133 Å². The Balaban J connectivity index is 1.72. The van der Waals surface area contributed by atoms with Gasteiger partial charge in [-0.2, -0.15) is 0 Å². The van der Waals surface area contributed by atoms with Crippen LogP contribution in [0.3, 0.4) is 0 Å². The van der Waals surface area contributed by atoms with Gasteiger partial charge in [0, 0.05) is 35.0 Å². The molecular weight excluding hydrogens is 592 g/mol. The highest BCUT2D eigenvalue weighted by molar-refractivity contribution is 5.88. The Hall–Kier alpha value is -1.96. The Labute approximate surface area is 284 Å². The van der Waals surface area contributed by atoms with E-state index in [0.717, 1.165) is 24.8 Å². The molecular formula is C40H64O7. The molecule has 47 heavy (non-hydrogen) atoms. The van der Waals surface area contributed by atoms with E-state index < -0.39 is 41.6 Å². The molecule has 266 valence electrons. The van der Waals surface area contributed by atoms with Crippen LogP contribution in [0.1, 0.15) is 115 Å². The van der Waals surface area contributed by atoms with Gasteiger partial charge >= 0.3 is 11.9 Å². The fourth-order valence-corrected chi connectivity index (χ4v) is 10.7. The van der Waals surface area contributed by atoms with Crippen molar-refractivity contribution in [3.8, 4) is 0 Å². The lowest BCUT2D eigenvalue weighted by atomic mass is 9.37. The van der Waals surface area contributed by atoms with Crippen molar-refractivity contribution in [3.05, 3.63) is 34.9 Å². The zero-order chi connectivity index (χ0) is 35.3. The first-order chi connectivity index (χ1) is 21.8. The lowest BCUT2D eigenvalue weighted by molar-refractivity contribution is -0.196. The summed E-state index contributed by atoms with van der Waals surface area (Å²) in [5.41, 5.74) is 1.52. The third-order valence-electron chi connectivity index (χ3n) is 14.3. The second-order valence-corrected chi connectivity index (χ2v) is 17.4. The van der Waals surface area contributed by atoms with Crippen molar-refractivity contribution >= 4 is 11.9 Å². The molecule has 11 atom stereocenters. The quantitative estimate of drug-likeness (QED) is 0.137. The molecule has 7 heteroatoms. The second-order valence-electron chi connectivity index (χ2n) is 17.4. The summed E-state index contributed by atoms with van der Waals surface area (Å²) >= 11 is 0. The maximum atomic E-state index is 13.0. The molecule has 0 aromatic carbocycles. The number of aliphatic hydroxyl groups excluding tert-OH is 3. The maximum absolute atomic E-state index is 13.0. The van der Waals surface area contributed by atoms with Crippen LogP contribution in [0.4, 0.5) is 0 Å². The molecule has 5 unspecified atom stereocenters. The minimum atomic E-state index is -1.09. The summed E-state index contributed by atoms with van der Waals surface area (Å²) in [4.78, 5) is 25.7. The molecule has 3 N–H and O–H groups in total. The summed E-state index contributed by atoms with van der Waals surface area (Å²) in [6, 6.07) is 0. The Morgan fingerprint density at radius 2 is 1.55 bits per heavy atom. The molecule has 4 rings (SSSR count). The molecule has 0 saturated heterocycles. The summed E-state index contributed by atoms with van der Waals surface area (Å²) in [5, 5.41) is 34.3. The maximum Gasteiger partial charge on any atom is 0.333 e. The number of fused-ring (bicyclic) bond motifs is 5. The van der Waals surface area contributed by atoms with E-state index in [1.807, 2.05) is 13.8 Å². The number of rotatable bonds is 9. The van der Waals surface area contributed by atoms with Crippen LogP contribution in [0.25, 0.3) is 0 Å². The summed E-state index contributed by atoms with van der Waals surface area (Å²) in [5.74, 6) is -0.349. The fourth-order valence-electron chi connectivity index (χ4n) is 10.7. The first-order valence-corrected chi connectivity index (χ1v) is 18.1. The number of allylic oxidation sites excluding steroid dienone is 3. The normalized spacial score (nSPS) is 39.5. The first kappa shape index (κ1) is 37.9. The molecule has 0 aromatic heterocycles. The van der Waals surface area contributed by atoms with E-state index in [4.69, 9.17) is 9.47 Å². The molecule has 0 amide bonds. The molecule has 3 saturated carbocycles. The van der Waals surface area contributed by atoms with Gasteiger partial charge in [0.05, 0.1) is 12.2 Å². The summed E-state index contributed by atoms with van der Waals surface area (Å²) in [6.07, 6.45) is 8.75. The van der Waals surface area contributed by atoms with Crippen LogP contribution >= 0.6 is 0 Å². The smallest absolute Gasteiger partial charge is 0.333 e. The molecule has 3 fully saturated rings. The van der Waals surface area contributed by atoms with Crippen LogP contribution in [0.5, 0.6) is 0 Å². The van der Waals surface area contributed by atoms with E-state index in [9.17, 15) is 24.9 Å². The molecule has 0 radical (unpaired) electrons. The number of aliphatic hydroxyl groups is 3. The number of carbonyl (C=O) groups excluding carboxylic acids is 2. The minimum Gasteiger partial charge on any atom is -0.458 e. The monoisotopic (exact) mass is 656 g/mol. The van der Waals surface area contributed by atoms with Gasteiger partial charge in [0.15, 0.2) is 0 Å². The molecule has 0 bridgehead atoms. The van der Waals surface area contributed by atoms with E-state index in [2.05, 4.69) is 40.7 Å². The van der Waals surface area contributed by atoms with Gasteiger partial charge in [-0.15, -0.1) is 0 Å². The Morgan fingerprint density at radius 3 is 2.15 bits per heavy atom. The standard InChI is InChI=1S/C40H64O7/c1-12-23(3)35(44)46-22-31(47-36(45)24(4)13-2)37(6,7)20-27-26-14-15-30-39(10)18-16-25(5)38(8,9)29(39)17-19-40(30,11)32(26)34(43)33(42)28(27)21-41/h12-14,25,27-34,41-43H,15-22H2,1-11H3/b23-12-,24-13-/t25-,27?,28?,29?,30?,31-,32?,33-,34+,39-,40+/m0/s1. The van der Waals surface area contributed by atoms with Crippen LogP contribution in [0.15, 0.2) is 34.9 Å². The molecule has 0 aliphatic heterocycles. The fraction of sp³-hybridized carbons (Fsp3) is 0.800. The van der Waals surface area contributed by atoms with Crippen molar-refractivity contribution in [2.24, 2.45) is 57.2 Å². The second kappa shape index (κ2) is 13.7. The van der Waals surface area contributed by atoms with Gasteiger partial charge in [0.2, 0.25) is 0 Å². The average molecular weight is 657 g/mol. The van der Waals surface area contributed by atoms with E-state index >= 15 is 0 Å². The third-order valence-corrected chi connectivity index (χ3v) is 14.3. The molecule has 0 aromatic rings. The summed E-state index contributed by atoms with van der Waals surface area (Å²) in [6.45, 7) is 22.7. The van der Waals surface area contributed by atoms with E-state index in [0.29, 0.717) is 35.3 Å². The number of ether oxygens (including phenoxy) is 2. The number of carbonyl (C=O) groups is 2. The van der Waals surface area contributed by atoms with Crippen LogP contribution in [-0.2, 0) is 19.1 Å². The highest BCUT2D eigenvalue weighted by Crippen LogP contribution is 2.71. The van der Waals surface area contributed by atoms with Crippen LogP contribution in [0, 0.1) is 57.2 Å². The van der Waals surface area contributed by atoms with Crippen LogP contribution < -0.4 is 0 Å². The van der Waals surface area contributed by atoms with Crippen molar-refractivity contribution < 1.29 is 34.4 Å². The van der Waals surface area contributed by atoms with Crippen molar-refractivity contribution in [2.75, 3.05) is 13.2 Å². The molecule has 7 nitrogen and oxygen atoms in total. The minimum absolute atomic E-state index is 0.113. The predicted octanol–water partition coefficient (Wildman–Crippen LogP) is 7.19. The van der Waals surface area contributed by atoms with Gasteiger partial charge in [0.25, 0.3) is 0 Å². The molecule has 0 spiro atoms. The van der Waals surface area contributed by atoms with Crippen LogP contribution in [-0.4, -0.2) is 58.8 Å². The van der Waals surface area contributed by atoms with Gasteiger partial charge in [-0.25, -0.2) is 9.59 Å². The highest BCUT2D eigenvalue weighted by atomic mass is 16.6. The van der Waals surface area contributed by atoms with Gasteiger partial charge < -0.3 is 24.8 Å². The number of hydrogen-bond acceptors (Lipinski definition) is 7. The third kappa shape index (κ3) is 6.55. The molecule has 0 heterocycles. The zero-order valence-corrected chi connectivity index (χ0v) is 31.1. The van der Waals surface area contributed by atoms with Crippen molar-refractivity contribution in [1.82, 2.24) is 0 Å².